The fourth-order valence-electron chi connectivity index (χ4n) is 4.21. The second-order valence-electron chi connectivity index (χ2n) is 7.40. The van der Waals surface area contributed by atoms with Crippen LogP contribution in [0.3, 0.4) is 0 Å². The first-order valence-electron chi connectivity index (χ1n) is 9.73. The number of fused-ring (bicyclic) bond motifs is 2. The van der Waals surface area contributed by atoms with Gasteiger partial charge in [-0.05, 0) is 36.4 Å². The summed E-state index contributed by atoms with van der Waals surface area (Å²) in [6.07, 6.45) is 3.98. The number of amidine groups is 1. The van der Waals surface area contributed by atoms with E-state index in [9.17, 15) is 0 Å². The van der Waals surface area contributed by atoms with Gasteiger partial charge in [0.25, 0.3) is 0 Å². The maximum atomic E-state index is 5.10. The van der Waals surface area contributed by atoms with Crippen molar-refractivity contribution in [2.45, 2.75) is 24.3 Å². The summed E-state index contributed by atoms with van der Waals surface area (Å²) in [4.78, 5) is 17.1. The van der Waals surface area contributed by atoms with E-state index in [0.29, 0.717) is 5.25 Å². The van der Waals surface area contributed by atoms with Crippen LogP contribution in [0.15, 0.2) is 72.0 Å². The second kappa shape index (κ2) is 6.71. The maximum Gasteiger partial charge on any atom is 0.194 e. The summed E-state index contributed by atoms with van der Waals surface area (Å²) in [6.45, 7) is 3.27. The highest BCUT2D eigenvalue weighted by atomic mass is 32.2. The van der Waals surface area contributed by atoms with Crippen molar-refractivity contribution in [3.8, 4) is 5.13 Å². The van der Waals surface area contributed by atoms with Crippen molar-refractivity contribution in [1.82, 2.24) is 19.4 Å². The van der Waals surface area contributed by atoms with Gasteiger partial charge in [0, 0.05) is 24.2 Å². The van der Waals surface area contributed by atoms with Crippen LogP contribution < -0.4 is 0 Å². The van der Waals surface area contributed by atoms with E-state index in [4.69, 9.17) is 9.98 Å². The molecule has 7 heteroatoms. The highest BCUT2D eigenvalue weighted by Gasteiger charge is 2.44. The number of thiazole rings is 1. The summed E-state index contributed by atoms with van der Waals surface area (Å²) in [6, 6.07) is 18.8. The summed E-state index contributed by atoms with van der Waals surface area (Å²) in [5.74, 6) is 0. The van der Waals surface area contributed by atoms with E-state index in [2.05, 4.69) is 64.0 Å². The molecule has 2 aliphatic rings. The molecule has 0 N–H and O–H groups in total. The van der Waals surface area contributed by atoms with Crippen molar-refractivity contribution < 1.29 is 0 Å². The minimum Gasteiger partial charge on any atom is -0.339 e. The molecule has 1 saturated heterocycles. The van der Waals surface area contributed by atoms with Crippen molar-refractivity contribution in [3.05, 3.63) is 78.4 Å². The van der Waals surface area contributed by atoms with Gasteiger partial charge in [-0.3, -0.25) is 14.5 Å². The van der Waals surface area contributed by atoms with Crippen LogP contribution in [0, 0.1) is 0 Å². The number of hydrogen-bond donors (Lipinski definition) is 0. The number of aromatic nitrogens is 3. The number of para-hydroxylation sites is 1. The number of rotatable bonds is 3. The molecule has 0 radical (unpaired) electrons. The number of pyridine rings is 1. The minimum atomic E-state index is -0.00534. The molecule has 5 nitrogen and oxygen atoms in total. The topological polar surface area (TPSA) is 46.3 Å². The Morgan fingerprint density at radius 3 is 2.79 bits per heavy atom. The van der Waals surface area contributed by atoms with Crippen LogP contribution in [0.5, 0.6) is 0 Å². The predicted octanol–water partition coefficient (Wildman–Crippen LogP) is 5.07. The molecule has 3 atom stereocenters. The van der Waals surface area contributed by atoms with E-state index in [0.717, 1.165) is 28.1 Å². The number of hydrogen-bond acceptors (Lipinski definition) is 6. The van der Waals surface area contributed by atoms with Crippen LogP contribution in [0.2, 0.25) is 0 Å². The lowest BCUT2D eigenvalue weighted by Crippen LogP contribution is -2.30. The average Bonchev–Trinajstić information content (AvgIpc) is 3.49. The zero-order valence-corrected chi connectivity index (χ0v) is 17.5. The van der Waals surface area contributed by atoms with E-state index in [-0.39, 0.29) is 12.1 Å². The highest BCUT2D eigenvalue weighted by Crippen LogP contribution is 2.48. The fourth-order valence-corrected chi connectivity index (χ4v) is 6.27. The molecule has 0 amide bonds. The molecule has 5 heterocycles. The third-order valence-electron chi connectivity index (χ3n) is 5.45. The zero-order chi connectivity index (χ0) is 19.4. The van der Waals surface area contributed by atoms with Gasteiger partial charge in [-0.1, -0.05) is 48.2 Å². The summed E-state index contributed by atoms with van der Waals surface area (Å²) in [7, 11) is 0. The van der Waals surface area contributed by atoms with E-state index in [1.54, 1.807) is 11.3 Å². The molecular formula is C22H19N5S2. The van der Waals surface area contributed by atoms with Crippen LogP contribution in [0.4, 0.5) is 0 Å². The van der Waals surface area contributed by atoms with E-state index >= 15 is 0 Å². The van der Waals surface area contributed by atoms with Crippen molar-refractivity contribution >= 4 is 38.5 Å². The van der Waals surface area contributed by atoms with Gasteiger partial charge in [0.1, 0.15) is 6.04 Å². The molecule has 0 saturated carbocycles. The van der Waals surface area contributed by atoms with Gasteiger partial charge in [-0.2, -0.15) is 0 Å². The first-order chi connectivity index (χ1) is 14.3. The monoisotopic (exact) mass is 417 g/mol. The van der Waals surface area contributed by atoms with E-state index in [1.165, 1.54) is 10.4 Å². The van der Waals surface area contributed by atoms with Gasteiger partial charge in [-0.25, -0.2) is 4.98 Å². The molecule has 6 rings (SSSR count). The summed E-state index contributed by atoms with van der Waals surface area (Å²) in [5, 5.41) is 2.68. The molecule has 1 aromatic carbocycles. The lowest BCUT2D eigenvalue weighted by Gasteiger charge is -2.27. The Kier molecular flexibility index (Phi) is 3.99. The largest absolute Gasteiger partial charge is 0.339 e. The molecule has 1 fully saturated rings. The first kappa shape index (κ1) is 17.2. The van der Waals surface area contributed by atoms with Crippen molar-refractivity contribution in [2.75, 3.05) is 6.54 Å². The van der Waals surface area contributed by atoms with Gasteiger partial charge < -0.3 is 4.90 Å². The number of aliphatic imine (C=N–C) groups is 1. The van der Waals surface area contributed by atoms with E-state index < -0.39 is 0 Å². The van der Waals surface area contributed by atoms with Crippen LogP contribution >= 0.6 is 23.1 Å². The lowest BCUT2D eigenvalue weighted by molar-refractivity contribution is 0.312. The quantitative estimate of drug-likeness (QED) is 0.467. The molecule has 0 unspecified atom stereocenters. The predicted molar refractivity (Wildman–Crippen MR) is 120 cm³/mol. The molecule has 0 spiro atoms. The molecule has 0 bridgehead atoms. The van der Waals surface area contributed by atoms with E-state index in [1.807, 2.05) is 36.2 Å². The van der Waals surface area contributed by atoms with Gasteiger partial charge >= 0.3 is 0 Å². The van der Waals surface area contributed by atoms with Gasteiger partial charge in [0.05, 0.1) is 27.6 Å². The van der Waals surface area contributed by atoms with Gasteiger partial charge in [-0.15, -0.1) is 0 Å². The SMILES string of the molecule is C[C@@H]1CN2C(=N[C@@H](c3ccccn3)[C@H]2c2cccn2-c2nc3ccccc3s2)S1. The average molecular weight is 418 g/mol. The number of benzene rings is 1. The Labute approximate surface area is 177 Å². The molecule has 3 aromatic heterocycles. The zero-order valence-electron chi connectivity index (χ0n) is 15.8. The van der Waals surface area contributed by atoms with Crippen LogP contribution in [0.25, 0.3) is 15.3 Å². The Bertz CT molecular complexity index is 1180. The first-order valence-corrected chi connectivity index (χ1v) is 11.4. The normalized spacial score (nSPS) is 23.6. The third kappa shape index (κ3) is 2.80. The molecule has 29 heavy (non-hydrogen) atoms. The van der Waals surface area contributed by atoms with Crippen molar-refractivity contribution in [3.63, 3.8) is 0 Å². The van der Waals surface area contributed by atoms with Crippen LogP contribution in [-0.2, 0) is 0 Å². The molecule has 0 aliphatic carbocycles. The molecule has 144 valence electrons. The lowest BCUT2D eigenvalue weighted by atomic mass is 10.0. The molecular weight excluding hydrogens is 398 g/mol. The molecule has 2 aliphatic heterocycles. The number of thioether (sulfide) groups is 1. The Hall–Kier alpha value is -2.64. The summed E-state index contributed by atoms with van der Waals surface area (Å²) < 4.78 is 3.44. The van der Waals surface area contributed by atoms with Crippen LogP contribution in [0.1, 0.15) is 30.4 Å². The Morgan fingerprint density at radius 1 is 1.03 bits per heavy atom. The standard InChI is InChI=1S/C22H19N5S2/c1-14-13-27-20(19(25-22(27)28-14)16-8-4-5-11-23-16)17-9-6-12-26(17)21-24-15-7-2-3-10-18(15)29-21/h2-12,14,19-20H,13H2,1H3/t14-,19+,20-/m1/s1. The Morgan fingerprint density at radius 2 is 1.93 bits per heavy atom. The highest BCUT2D eigenvalue weighted by molar-refractivity contribution is 8.14. The second-order valence-corrected chi connectivity index (χ2v) is 9.82. The van der Waals surface area contributed by atoms with Gasteiger partial charge in [0.2, 0.25) is 0 Å². The maximum absolute atomic E-state index is 5.10. The molecule has 4 aromatic rings. The fraction of sp³-hybridized carbons (Fsp3) is 0.227. The van der Waals surface area contributed by atoms with Crippen molar-refractivity contribution in [2.24, 2.45) is 4.99 Å². The minimum absolute atomic E-state index is 0.00534. The van der Waals surface area contributed by atoms with Crippen LogP contribution in [-0.4, -0.2) is 36.4 Å². The summed E-state index contributed by atoms with van der Waals surface area (Å²) in [5.41, 5.74) is 3.28. The third-order valence-corrected chi connectivity index (χ3v) is 7.59. The van der Waals surface area contributed by atoms with Gasteiger partial charge in [0.15, 0.2) is 10.3 Å². The smallest absolute Gasteiger partial charge is 0.194 e. The number of nitrogens with zero attached hydrogens (tertiary/aromatic N) is 5. The van der Waals surface area contributed by atoms with Crippen molar-refractivity contribution in [1.29, 1.82) is 0 Å². The summed E-state index contributed by atoms with van der Waals surface area (Å²) >= 11 is 3.59. The Balaban J connectivity index is 1.47.